The molecule has 0 aliphatic rings. The molecule has 0 radical (unpaired) electrons. The fraction of sp³-hybridized carbons (Fsp3) is 0.933. The molecule has 19 heteroatoms. The lowest BCUT2D eigenvalue weighted by Gasteiger charge is -2.21. The van der Waals surface area contributed by atoms with Crippen molar-refractivity contribution in [3.63, 3.8) is 0 Å². The van der Waals surface area contributed by atoms with Gasteiger partial charge in [0.05, 0.1) is 26.4 Å². The third kappa shape index (κ3) is 55.0. The van der Waals surface area contributed by atoms with Crippen molar-refractivity contribution in [1.29, 1.82) is 0 Å². The quantitative estimate of drug-likeness (QED) is 0.0222. The van der Waals surface area contributed by atoms with Crippen molar-refractivity contribution in [2.75, 3.05) is 39.6 Å². The lowest BCUT2D eigenvalue weighted by atomic mass is 10.0. The van der Waals surface area contributed by atoms with E-state index < -0.39 is 97.5 Å². The summed E-state index contributed by atoms with van der Waals surface area (Å²) in [5.41, 5.74) is 0. The smallest absolute Gasteiger partial charge is 0.462 e. The molecule has 0 rings (SSSR count). The first-order valence-corrected chi connectivity index (χ1v) is 34.6. The molecule has 0 aliphatic carbocycles. The number of aliphatic hydroxyl groups excluding tert-OH is 1. The first-order chi connectivity index (χ1) is 38.0. The highest BCUT2D eigenvalue weighted by molar-refractivity contribution is 7.47. The molecular weight excluding hydrogens is 1050 g/mol. The van der Waals surface area contributed by atoms with Crippen LogP contribution in [0.4, 0.5) is 0 Å². The maximum absolute atomic E-state index is 12.9. The van der Waals surface area contributed by atoms with Crippen LogP contribution in [0.1, 0.15) is 298 Å². The monoisotopic (exact) mass is 1170 g/mol. The highest BCUT2D eigenvalue weighted by atomic mass is 31.2. The average molecular weight is 1170 g/mol. The Morgan fingerprint density at radius 3 is 0.861 bits per heavy atom. The fourth-order valence-electron chi connectivity index (χ4n) is 8.88. The molecule has 0 fully saturated rings. The Hall–Kier alpha value is -1.94. The first-order valence-electron chi connectivity index (χ1n) is 31.6. The normalized spacial score (nSPS) is 14.3. The second kappa shape index (κ2) is 54.0. The van der Waals surface area contributed by atoms with Gasteiger partial charge in [0, 0.05) is 25.7 Å². The van der Waals surface area contributed by atoms with Gasteiger partial charge in [0.25, 0.3) is 0 Å². The number of carbonyl (C=O) groups is 4. The predicted octanol–water partition coefficient (Wildman–Crippen LogP) is 16.2. The molecule has 0 amide bonds. The van der Waals surface area contributed by atoms with Gasteiger partial charge in [-0.1, -0.05) is 247 Å². The van der Waals surface area contributed by atoms with E-state index in [9.17, 15) is 43.2 Å². The van der Waals surface area contributed by atoms with Crippen LogP contribution in [-0.4, -0.2) is 96.7 Å². The number of hydrogen-bond acceptors (Lipinski definition) is 15. The summed E-state index contributed by atoms with van der Waals surface area (Å²) < 4.78 is 67.6. The van der Waals surface area contributed by atoms with E-state index in [1.165, 1.54) is 96.3 Å². The van der Waals surface area contributed by atoms with Crippen LogP contribution >= 0.6 is 15.6 Å². The molecule has 5 atom stereocenters. The van der Waals surface area contributed by atoms with E-state index in [0.717, 1.165) is 121 Å². The number of rotatable bonds is 60. The summed E-state index contributed by atoms with van der Waals surface area (Å²) in [6.45, 7) is 7.05. The van der Waals surface area contributed by atoms with E-state index in [1.54, 1.807) is 0 Å². The second-order valence-electron chi connectivity index (χ2n) is 22.2. The van der Waals surface area contributed by atoms with Crippen molar-refractivity contribution >= 4 is 39.5 Å². The summed E-state index contributed by atoms with van der Waals surface area (Å²) in [6, 6.07) is 0. The Bertz CT molecular complexity index is 1550. The average Bonchev–Trinajstić information content (AvgIpc) is 3.41. The number of phosphoric acid groups is 2. The van der Waals surface area contributed by atoms with E-state index in [2.05, 4.69) is 34.6 Å². The minimum absolute atomic E-state index is 0.103. The van der Waals surface area contributed by atoms with Gasteiger partial charge in [-0.25, -0.2) is 9.13 Å². The molecule has 0 saturated carbocycles. The molecule has 0 aromatic rings. The van der Waals surface area contributed by atoms with Gasteiger partial charge in [0.2, 0.25) is 0 Å². The van der Waals surface area contributed by atoms with E-state index in [1.807, 2.05) is 0 Å². The molecule has 79 heavy (non-hydrogen) atoms. The van der Waals surface area contributed by atoms with Crippen LogP contribution in [0.2, 0.25) is 0 Å². The maximum Gasteiger partial charge on any atom is 0.472 e. The zero-order valence-electron chi connectivity index (χ0n) is 50.5. The summed E-state index contributed by atoms with van der Waals surface area (Å²) >= 11 is 0. The Morgan fingerprint density at radius 1 is 0.342 bits per heavy atom. The largest absolute Gasteiger partial charge is 0.472 e. The van der Waals surface area contributed by atoms with E-state index in [4.69, 9.17) is 37.0 Å². The number of phosphoric ester groups is 2. The zero-order chi connectivity index (χ0) is 58.5. The Kier molecular flexibility index (Phi) is 52.7. The molecule has 468 valence electrons. The van der Waals surface area contributed by atoms with Crippen LogP contribution in [0.5, 0.6) is 0 Å². The SMILES string of the molecule is CCCCCCCCCCCCCCCCC(=O)O[C@H](COC(=O)CCCCCCCCCCC(C)C)COP(=O)(O)OC[C@@H](O)COP(=O)(O)OC[C@@H](COC(=O)CCCCCCCCC)OC(=O)CCCCCCCCC. The molecular formula is C60H116O17P2. The number of carbonyl (C=O) groups excluding carboxylic acids is 4. The fourth-order valence-corrected chi connectivity index (χ4v) is 10.5. The first kappa shape index (κ1) is 77.1. The highest BCUT2D eigenvalue weighted by Crippen LogP contribution is 2.45. The lowest BCUT2D eigenvalue weighted by Crippen LogP contribution is -2.30. The number of aliphatic hydroxyl groups is 1. The minimum Gasteiger partial charge on any atom is -0.462 e. The molecule has 0 aliphatic heterocycles. The molecule has 0 aromatic heterocycles. The van der Waals surface area contributed by atoms with Gasteiger partial charge in [-0.15, -0.1) is 0 Å². The highest BCUT2D eigenvalue weighted by Gasteiger charge is 2.30. The molecule has 2 unspecified atom stereocenters. The summed E-state index contributed by atoms with van der Waals surface area (Å²) in [5, 5.41) is 10.5. The van der Waals surface area contributed by atoms with E-state index >= 15 is 0 Å². The van der Waals surface area contributed by atoms with Gasteiger partial charge in [-0.3, -0.25) is 37.3 Å². The molecule has 0 bridgehead atoms. The van der Waals surface area contributed by atoms with Gasteiger partial charge >= 0.3 is 39.5 Å². The van der Waals surface area contributed by atoms with Crippen molar-refractivity contribution in [2.45, 2.75) is 316 Å². The van der Waals surface area contributed by atoms with Crippen molar-refractivity contribution in [3.8, 4) is 0 Å². The minimum atomic E-state index is -4.94. The predicted molar refractivity (Wildman–Crippen MR) is 312 cm³/mol. The number of ether oxygens (including phenoxy) is 4. The van der Waals surface area contributed by atoms with E-state index in [-0.39, 0.29) is 25.7 Å². The third-order valence-electron chi connectivity index (χ3n) is 13.8. The van der Waals surface area contributed by atoms with Crippen molar-refractivity contribution < 1.29 is 80.2 Å². The molecule has 0 heterocycles. The molecule has 0 saturated heterocycles. The van der Waals surface area contributed by atoms with Crippen LogP contribution in [0.25, 0.3) is 0 Å². The molecule has 0 spiro atoms. The summed E-state index contributed by atoms with van der Waals surface area (Å²) in [5.74, 6) is -1.42. The second-order valence-corrected chi connectivity index (χ2v) is 25.1. The number of unbranched alkanes of at least 4 members (excludes halogenated alkanes) is 32. The van der Waals surface area contributed by atoms with E-state index in [0.29, 0.717) is 25.7 Å². The third-order valence-corrected chi connectivity index (χ3v) is 15.7. The van der Waals surface area contributed by atoms with Crippen LogP contribution in [0.3, 0.4) is 0 Å². The van der Waals surface area contributed by atoms with Gasteiger partial charge in [0.1, 0.15) is 19.3 Å². The number of hydrogen-bond donors (Lipinski definition) is 3. The summed E-state index contributed by atoms with van der Waals surface area (Å²) in [6.07, 6.45) is 36.4. The van der Waals surface area contributed by atoms with Crippen LogP contribution in [-0.2, 0) is 65.4 Å². The van der Waals surface area contributed by atoms with Crippen molar-refractivity contribution in [2.24, 2.45) is 5.92 Å². The molecule has 3 N–H and O–H groups in total. The summed E-state index contributed by atoms with van der Waals surface area (Å²) in [4.78, 5) is 71.8. The number of esters is 4. The Balaban J connectivity index is 5.19. The molecule has 17 nitrogen and oxygen atoms in total. The standard InChI is InChI=1S/C60H116O17P2/c1-6-9-12-15-18-19-20-21-22-23-24-31-36-41-46-60(65)77-56(50-71-58(63)44-39-34-30-26-25-29-32-37-42-53(4)5)52-75-79(68,69)73-48-54(61)47-72-78(66,67)74-51-55(76-59(64)45-40-35-28-17-14-11-8-3)49-70-57(62)43-38-33-27-16-13-10-7-2/h53-56,61H,6-52H2,1-5H3,(H,66,67)(H,68,69)/t54-,55+,56+/m0/s1. The Morgan fingerprint density at radius 2 is 0.582 bits per heavy atom. The van der Waals surface area contributed by atoms with Gasteiger partial charge in [0.15, 0.2) is 12.2 Å². The van der Waals surface area contributed by atoms with Gasteiger partial charge < -0.3 is 33.8 Å². The Labute approximate surface area is 479 Å². The van der Waals surface area contributed by atoms with Gasteiger partial charge in [-0.05, 0) is 31.6 Å². The van der Waals surface area contributed by atoms with Crippen LogP contribution < -0.4 is 0 Å². The van der Waals surface area contributed by atoms with Crippen molar-refractivity contribution in [3.05, 3.63) is 0 Å². The van der Waals surface area contributed by atoms with Crippen LogP contribution in [0.15, 0.2) is 0 Å². The lowest BCUT2D eigenvalue weighted by molar-refractivity contribution is -0.161. The van der Waals surface area contributed by atoms with Gasteiger partial charge in [-0.2, -0.15) is 0 Å². The molecule has 0 aromatic carbocycles. The topological polar surface area (TPSA) is 237 Å². The summed E-state index contributed by atoms with van der Waals surface area (Å²) in [7, 11) is -9.87. The van der Waals surface area contributed by atoms with Crippen LogP contribution in [0, 0.1) is 5.92 Å². The van der Waals surface area contributed by atoms with Crippen molar-refractivity contribution in [1.82, 2.24) is 0 Å². The zero-order valence-corrected chi connectivity index (χ0v) is 52.3. The maximum atomic E-state index is 12.9.